The fraction of sp³-hybridized carbons (Fsp3) is 0.231. The van der Waals surface area contributed by atoms with Gasteiger partial charge in [-0.2, -0.15) is 5.10 Å². The van der Waals surface area contributed by atoms with Crippen LogP contribution in [-0.2, 0) is 20.9 Å². The minimum Gasteiger partial charge on any atom is -0.487 e. The molecule has 11 heteroatoms. The monoisotopic (exact) mass is 528 g/mol. The molecule has 0 bridgehead atoms. The second-order valence-corrected chi connectivity index (χ2v) is 8.75. The number of carbonyl (C=O) groups is 2. The minimum atomic E-state index is -0.859. The third-order valence-electron chi connectivity index (χ3n) is 5.48. The number of nitrogens with zero attached hydrogens (tertiary/aromatic N) is 3. The van der Waals surface area contributed by atoms with Crippen LogP contribution in [0.3, 0.4) is 0 Å². The van der Waals surface area contributed by atoms with E-state index in [-0.39, 0.29) is 18.2 Å². The van der Waals surface area contributed by atoms with Crippen molar-refractivity contribution in [3.63, 3.8) is 0 Å². The summed E-state index contributed by atoms with van der Waals surface area (Å²) in [5.41, 5.74) is 2.48. The highest BCUT2D eigenvalue weighted by atomic mass is 35.5. The molecule has 0 aliphatic rings. The number of carbonyl (C=O) groups excluding carboxylic acids is 2. The van der Waals surface area contributed by atoms with E-state index in [0.29, 0.717) is 39.2 Å². The molecule has 2 aromatic heterocycles. The van der Waals surface area contributed by atoms with Crippen LogP contribution >= 0.6 is 11.6 Å². The first-order valence-electron chi connectivity index (χ1n) is 11.2. The average molecular weight is 529 g/mol. The second kappa shape index (κ2) is 10.9. The van der Waals surface area contributed by atoms with E-state index < -0.39 is 29.6 Å². The van der Waals surface area contributed by atoms with Crippen molar-refractivity contribution in [1.29, 1.82) is 0 Å². The number of nitrogens with one attached hydrogen (secondary N) is 1. The van der Waals surface area contributed by atoms with Gasteiger partial charge in [0.2, 0.25) is 5.91 Å². The Balaban J connectivity index is 1.73. The fourth-order valence-electron chi connectivity index (χ4n) is 3.96. The Bertz CT molecular complexity index is 1490. The van der Waals surface area contributed by atoms with E-state index in [1.54, 1.807) is 25.1 Å². The SMILES string of the molecule is CC(=O)N[C@@H](COC(C)=O)c1cc(F)cc(Cl)c1COc1cccc2c(-n3cc(F)cn3)cc(C)nc12. The van der Waals surface area contributed by atoms with E-state index in [9.17, 15) is 18.4 Å². The molecule has 0 unspecified atom stereocenters. The zero-order valence-electron chi connectivity index (χ0n) is 20.2. The maximum absolute atomic E-state index is 14.3. The van der Waals surface area contributed by atoms with Gasteiger partial charge in [0.05, 0.1) is 29.1 Å². The number of ether oxygens (including phenoxy) is 2. The molecule has 1 N–H and O–H groups in total. The number of hydrogen-bond donors (Lipinski definition) is 1. The van der Waals surface area contributed by atoms with Crippen molar-refractivity contribution in [1.82, 2.24) is 20.1 Å². The first-order chi connectivity index (χ1) is 17.6. The Kier molecular flexibility index (Phi) is 7.68. The molecule has 1 atom stereocenters. The second-order valence-electron chi connectivity index (χ2n) is 8.34. The van der Waals surface area contributed by atoms with Crippen molar-refractivity contribution in [2.45, 2.75) is 33.4 Å². The molecule has 4 aromatic rings. The highest BCUT2D eigenvalue weighted by Gasteiger charge is 2.22. The number of rotatable bonds is 8. The van der Waals surface area contributed by atoms with Crippen molar-refractivity contribution in [2.75, 3.05) is 6.61 Å². The predicted molar refractivity (Wildman–Crippen MR) is 132 cm³/mol. The summed E-state index contributed by atoms with van der Waals surface area (Å²) in [4.78, 5) is 27.8. The number of fused-ring (bicyclic) bond motifs is 1. The molecule has 0 radical (unpaired) electrons. The predicted octanol–water partition coefficient (Wildman–Crippen LogP) is 4.98. The highest BCUT2D eigenvalue weighted by Crippen LogP contribution is 2.32. The summed E-state index contributed by atoms with van der Waals surface area (Å²) in [6.45, 7) is 3.99. The van der Waals surface area contributed by atoms with Crippen LogP contribution in [0.1, 0.15) is 36.7 Å². The lowest BCUT2D eigenvalue weighted by molar-refractivity contribution is -0.142. The summed E-state index contributed by atoms with van der Waals surface area (Å²) in [6.07, 6.45) is 2.37. The Morgan fingerprint density at radius 1 is 1.16 bits per heavy atom. The molecule has 0 fully saturated rings. The normalized spacial score (nSPS) is 11.8. The first-order valence-corrected chi connectivity index (χ1v) is 11.6. The summed E-state index contributed by atoms with van der Waals surface area (Å²) < 4.78 is 40.6. The fourth-order valence-corrected chi connectivity index (χ4v) is 4.23. The molecule has 0 saturated carbocycles. The Morgan fingerprint density at radius 3 is 2.62 bits per heavy atom. The number of aromatic nitrogens is 3. The van der Waals surface area contributed by atoms with Gasteiger partial charge in [-0.05, 0) is 36.8 Å². The average Bonchev–Trinajstić information content (AvgIpc) is 3.26. The van der Waals surface area contributed by atoms with Crippen LogP contribution in [0, 0.1) is 18.6 Å². The standard InChI is InChI=1S/C26H23ClF2N4O4/c1-14-7-24(33-11-18(29)10-30-33)19-5-4-6-25(26(19)31-14)37-12-21-20(8-17(28)9-22(21)27)23(32-15(2)34)13-36-16(3)35/h4-11,23H,12-13H2,1-3H3,(H,32,34)/t23-/m0/s1. The molecule has 0 saturated heterocycles. The summed E-state index contributed by atoms with van der Waals surface area (Å²) in [6, 6.07) is 8.55. The van der Waals surface area contributed by atoms with E-state index in [2.05, 4.69) is 15.4 Å². The first kappa shape index (κ1) is 26.0. The van der Waals surface area contributed by atoms with Crippen LogP contribution in [0.2, 0.25) is 5.02 Å². The lowest BCUT2D eigenvalue weighted by Gasteiger charge is -2.22. The lowest BCUT2D eigenvalue weighted by atomic mass is 10.0. The third kappa shape index (κ3) is 6.03. The molecule has 8 nitrogen and oxygen atoms in total. The van der Waals surface area contributed by atoms with Gasteiger partial charge in [-0.25, -0.2) is 18.4 Å². The smallest absolute Gasteiger partial charge is 0.302 e. The molecule has 37 heavy (non-hydrogen) atoms. The molecule has 192 valence electrons. The van der Waals surface area contributed by atoms with E-state index in [1.807, 2.05) is 6.07 Å². The van der Waals surface area contributed by atoms with Gasteiger partial charge in [-0.15, -0.1) is 0 Å². The number of benzene rings is 2. The van der Waals surface area contributed by atoms with E-state index in [0.717, 1.165) is 12.3 Å². The summed E-state index contributed by atoms with van der Waals surface area (Å²) >= 11 is 6.39. The van der Waals surface area contributed by atoms with Crippen LogP contribution < -0.4 is 10.1 Å². The Hall–Kier alpha value is -4.05. The maximum atomic E-state index is 14.3. The Morgan fingerprint density at radius 2 is 1.95 bits per heavy atom. The van der Waals surface area contributed by atoms with Crippen molar-refractivity contribution in [2.24, 2.45) is 0 Å². The molecule has 4 rings (SSSR count). The van der Waals surface area contributed by atoms with Crippen LogP contribution in [0.4, 0.5) is 8.78 Å². The van der Waals surface area contributed by atoms with Crippen molar-refractivity contribution in [3.8, 4) is 11.4 Å². The lowest BCUT2D eigenvalue weighted by Crippen LogP contribution is -2.31. The number of halogens is 3. The minimum absolute atomic E-state index is 0.0743. The van der Waals surface area contributed by atoms with Crippen LogP contribution in [0.25, 0.3) is 16.6 Å². The van der Waals surface area contributed by atoms with E-state index in [1.165, 1.54) is 30.8 Å². The van der Waals surface area contributed by atoms with Gasteiger partial charge in [0.15, 0.2) is 5.82 Å². The van der Waals surface area contributed by atoms with E-state index in [4.69, 9.17) is 21.1 Å². The zero-order chi connectivity index (χ0) is 26.7. The van der Waals surface area contributed by atoms with Gasteiger partial charge in [0.25, 0.3) is 0 Å². The van der Waals surface area contributed by atoms with Crippen molar-refractivity contribution >= 4 is 34.4 Å². The van der Waals surface area contributed by atoms with Gasteiger partial charge in [0.1, 0.15) is 30.3 Å². The maximum Gasteiger partial charge on any atom is 0.302 e. The third-order valence-corrected chi connectivity index (χ3v) is 5.82. The molecule has 1 amide bonds. The van der Waals surface area contributed by atoms with Crippen LogP contribution in [-0.4, -0.2) is 33.2 Å². The van der Waals surface area contributed by atoms with Crippen LogP contribution in [0.15, 0.2) is 48.8 Å². The van der Waals surface area contributed by atoms with Gasteiger partial charge in [-0.3, -0.25) is 9.59 Å². The number of esters is 1. The van der Waals surface area contributed by atoms with Crippen molar-refractivity contribution < 1.29 is 27.8 Å². The number of hydrogen-bond acceptors (Lipinski definition) is 6. The summed E-state index contributed by atoms with van der Waals surface area (Å²) in [7, 11) is 0. The molecule has 2 aromatic carbocycles. The largest absolute Gasteiger partial charge is 0.487 e. The van der Waals surface area contributed by atoms with Gasteiger partial charge >= 0.3 is 5.97 Å². The van der Waals surface area contributed by atoms with Crippen molar-refractivity contribution in [3.05, 3.63) is 82.3 Å². The summed E-state index contributed by atoms with van der Waals surface area (Å²) in [5, 5.41) is 7.46. The molecular formula is C26H23ClF2N4O4. The van der Waals surface area contributed by atoms with Gasteiger partial charge in [0, 0.05) is 30.5 Å². The highest BCUT2D eigenvalue weighted by molar-refractivity contribution is 6.31. The quantitative estimate of drug-likeness (QED) is 0.324. The number of amides is 1. The number of aryl methyl sites for hydroxylation is 1. The topological polar surface area (TPSA) is 95.3 Å². The summed E-state index contributed by atoms with van der Waals surface area (Å²) in [5.74, 6) is -1.66. The molecule has 0 aliphatic carbocycles. The zero-order valence-corrected chi connectivity index (χ0v) is 21.0. The van der Waals surface area contributed by atoms with Gasteiger partial charge in [-0.1, -0.05) is 23.7 Å². The van der Waals surface area contributed by atoms with Crippen LogP contribution in [0.5, 0.6) is 5.75 Å². The molecule has 2 heterocycles. The number of pyridine rings is 1. The van der Waals surface area contributed by atoms with Gasteiger partial charge < -0.3 is 14.8 Å². The van der Waals surface area contributed by atoms with E-state index >= 15 is 0 Å². The molecule has 0 aliphatic heterocycles. The molecular weight excluding hydrogens is 506 g/mol. The molecule has 0 spiro atoms. The number of para-hydroxylation sites is 1. The Labute approximate surface area is 216 Å².